The van der Waals surface area contributed by atoms with Crippen LogP contribution in [0.15, 0.2) is 73.1 Å². The number of halogens is 1. The Kier molecular flexibility index (Phi) is 6.90. The van der Waals surface area contributed by atoms with E-state index in [1.165, 1.54) is 36.2 Å². The van der Waals surface area contributed by atoms with Gasteiger partial charge in [0.2, 0.25) is 0 Å². The van der Waals surface area contributed by atoms with Crippen LogP contribution in [0.1, 0.15) is 15.9 Å². The van der Waals surface area contributed by atoms with E-state index in [-0.39, 0.29) is 17.8 Å². The molecule has 0 aliphatic rings. The SMILES string of the molecule is CONC(=O)C(O)C(Cc1ccccc1)NC(=O)c1cccnc1-n1cc2cc(F)ccc2n1. The number of aliphatic hydroxyl groups excluding tert-OH is 1. The first-order valence-corrected chi connectivity index (χ1v) is 10.4. The lowest BCUT2D eigenvalue weighted by atomic mass is 10.00. The van der Waals surface area contributed by atoms with Gasteiger partial charge in [0.05, 0.1) is 24.2 Å². The second-order valence-corrected chi connectivity index (χ2v) is 7.54. The molecule has 10 heteroatoms. The van der Waals surface area contributed by atoms with Crippen LogP contribution in [0.3, 0.4) is 0 Å². The van der Waals surface area contributed by atoms with E-state index < -0.39 is 29.8 Å². The minimum absolute atomic E-state index is 0.160. The quantitative estimate of drug-likeness (QED) is 0.344. The van der Waals surface area contributed by atoms with E-state index in [4.69, 9.17) is 0 Å². The Balaban J connectivity index is 1.64. The molecule has 0 saturated heterocycles. The molecule has 2 heterocycles. The van der Waals surface area contributed by atoms with E-state index in [2.05, 4.69) is 25.7 Å². The minimum Gasteiger partial charge on any atom is -0.381 e. The fourth-order valence-electron chi connectivity index (χ4n) is 3.56. The van der Waals surface area contributed by atoms with Crippen LogP contribution in [0.5, 0.6) is 0 Å². The van der Waals surface area contributed by atoms with Crippen LogP contribution in [-0.2, 0) is 16.1 Å². The molecule has 3 N–H and O–H groups in total. The molecule has 0 radical (unpaired) electrons. The smallest absolute Gasteiger partial charge is 0.274 e. The number of nitrogens with one attached hydrogen (secondary N) is 2. The molecule has 0 spiro atoms. The predicted molar refractivity (Wildman–Crippen MR) is 121 cm³/mol. The second-order valence-electron chi connectivity index (χ2n) is 7.54. The van der Waals surface area contributed by atoms with Crippen LogP contribution in [-0.4, -0.2) is 50.9 Å². The molecule has 4 rings (SSSR count). The lowest BCUT2D eigenvalue weighted by Crippen LogP contribution is -2.51. The molecule has 9 nitrogen and oxygen atoms in total. The van der Waals surface area contributed by atoms with Gasteiger partial charge in [0.1, 0.15) is 5.82 Å². The molecule has 0 aliphatic carbocycles. The fraction of sp³-hybridized carbons (Fsp3) is 0.167. The molecule has 174 valence electrons. The van der Waals surface area contributed by atoms with Crippen LogP contribution in [0.2, 0.25) is 0 Å². The van der Waals surface area contributed by atoms with Crippen LogP contribution in [0.25, 0.3) is 16.7 Å². The maximum Gasteiger partial charge on any atom is 0.274 e. The van der Waals surface area contributed by atoms with Gasteiger partial charge in [-0.15, -0.1) is 0 Å². The number of aliphatic hydroxyl groups is 1. The van der Waals surface area contributed by atoms with Crippen LogP contribution in [0, 0.1) is 5.82 Å². The summed E-state index contributed by atoms with van der Waals surface area (Å²) < 4.78 is 15.0. The van der Waals surface area contributed by atoms with Gasteiger partial charge in [-0.1, -0.05) is 30.3 Å². The number of pyridine rings is 1. The zero-order chi connectivity index (χ0) is 24.1. The van der Waals surface area contributed by atoms with E-state index in [1.54, 1.807) is 18.3 Å². The normalized spacial score (nSPS) is 12.8. The summed E-state index contributed by atoms with van der Waals surface area (Å²) in [7, 11) is 1.25. The molecule has 2 unspecified atom stereocenters. The maximum atomic E-state index is 13.6. The van der Waals surface area contributed by atoms with E-state index in [1.807, 2.05) is 30.3 Å². The highest BCUT2D eigenvalue weighted by Gasteiger charge is 2.29. The van der Waals surface area contributed by atoms with Gasteiger partial charge in [-0.2, -0.15) is 5.10 Å². The van der Waals surface area contributed by atoms with Crippen molar-refractivity contribution in [1.29, 1.82) is 0 Å². The van der Waals surface area contributed by atoms with Gasteiger partial charge < -0.3 is 10.4 Å². The molecule has 0 saturated carbocycles. The Labute approximate surface area is 194 Å². The zero-order valence-corrected chi connectivity index (χ0v) is 18.2. The number of hydrogen-bond acceptors (Lipinski definition) is 6. The van der Waals surface area contributed by atoms with E-state index in [0.717, 1.165) is 5.56 Å². The van der Waals surface area contributed by atoms with Gasteiger partial charge in [-0.05, 0) is 42.3 Å². The van der Waals surface area contributed by atoms with Gasteiger partial charge >= 0.3 is 0 Å². The Morgan fingerprint density at radius 1 is 1.15 bits per heavy atom. The zero-order valence-electron chi connectivity index (χ0n) is 18.2. The summed E-state index contributed by atoms with van der Waals surface area (Å²) in [6.45, 7) is 0. The predicted octanol–water partition coefficient (Wildman–Crippen LogP) is 1.94. The lowest BCUT2D eigenvalue weighted by Gasteiger charge is -2.24. The summed E-state index contributed by atoms with van der Waals surface area (Å²) >= 11 is 0. The van der Waals surface area contributed by atoms with Gasteiger partial charge in [-0.3, -0.25) is 14.4 Å². The Bertz CT molecular complexity index is 1310. The highest BCUT2D eigenvalue weighted by molar-refractivity contribution is 5.98. The number of hydroxylamine groups is 1. The first-order chi connectivity index (χ1) is 16.5. The Morgan fingerprint density at radius 3 is 2.71 bits per heavy atom. The second kappa shape index (κ2) is 10.2. The Morgan fingerprint density at radius 2 is 1.94 bits per heavy atom. The van der Waals surface area contributed by atoms with Gasteiger partial charge in [-0.25, -0.2) is 19.5 Å². The topological polar surface area (TPSA) is 118 Å². The van der Waals surface area contributed by atoms with Gasteiger partial charge in [0, 0.05) is 17.8 Å². The minimum atomic E-state index is -1.58. The molecule has 2 aromatic carbocycles. The summed E-state index contributed by atoms with van der Waals surface area (Å²) in [4.78, 5) is 34.4. The number of nitrogens with zero attached hydrogens (tertiary/aromatic N) is 3. The molecule has 2 aromatic heterocycles. The van der Waals surface area contributed by atoms with Crippen molar-refractivity contribution in [3.8, 4) is 5.82 Å². The highest BCUT2D eigenvalue weighted by Crippen LogP contribution is 2.19. The largest absolute Gasteiger partial charge is 0.381 e. The number of benzene rings is 2. The van der Waals surface area contributed by atoms with Crippen molar-refractivity contribution >= 4 is 22.7 Å². The van der Waals surface area contributed by atoms with Crippen molar-refractivity contribution in [3.05, 3.63) is 90.0 Å². The summed E-state index contributed by atoms with van der Waals surface area (Å²) in [5.74, 6) is -1.56. The number of carbonyl (C=O) groups excluding carboxylic acids is 2. The van der Waals surface area contributed by atoms with Crippen molar-refractivity contribution in [2.45, 2.75) is 18.6 Å². The van der Waals surface area contributed by atoms with E-state index in [0.29, 0.717) is 10.9 Å². The molecule has 34 heavy (non-hydrogen) atoms. The van der Waals surface area contributed by atoms with Gasteiger partial charge in [0.15, 0.2) is 11.9 Å². The summed E-state index contributed by atoms with van der Waals surface area (Å²) in [5, 5.41) is 18.3. The van der Waals surface area contributed by atoms with Crippen molar-refractivity contribution in [2.24, 2.45) is 0 Å². The number of fused-ring (bicyclic) bond motifs is 1. The molecule has 0 fully saturated rings. The fourth-order valence-corrected chi connectivity index (χ4v) is 3.56. The first-order valence-electron chi connectivity index (χ1n) is 10.4. The average molecular weight is 463 g/mol. The van der Waals surface area contributed by atoms with Crippen molar-refractivity contribution in [3.63, 3.8) is 0 Å². The molecule has 2 amide bonds. The van der Waals surface area contributed by atoms with Crippen molar-refractivity contribution in [2.75, 3.05) is 7.11 Å². The molecule has 0 aliphatic heterocycles. The number of hydrogen-bond donors (Lipinski definition) is 3. The van der Waals surface area contributed by atoms with Crippen molar-refractivity contribution in [1.82, 2.24) is 25.6 Å². The highest BCUT2D eigenvalue weighted by atomic mass is 19.1. The molecular formula is C24H22FN5O4. The lowest BCUT2D eigenvalue weighted by molar-refractivity contribution is -0.141. The average Bonchev–Trinajstić information content (AvgIpc) is 3.27. The molecular weight excluding hydrogens is 441 g/mol. The van der Waals surface area contributed by atoms with E-state index >= 15 is 0 Å². The number of amides is 2. The number of aromatic nitrogens is 3. The van der Waals surface area contributed by atoms with Crippen molar-refractivity contribution < 1.29 is 23.9 Å². The van der Waals surface area contributed by atoms with Crippen LogP contribution in [0.4, 0.5) is 4.39 Å². The van der Waals surface area contributed by atoms with Crippen LogP contribution >= 0.6 is 0 Å². The summed E-state index contributed by atoms with van der Waals surface area (Å²) in [5.41, 5.74) is 3.59. The molecule has 4 aromatic rings. The number of rotatable bonds is 8. The maximum absolute atomic E-state index is 13.6. The first kappa shape index (κ1) is 23.0. The third-order valence-corrected chi connectivity index (χ3v) is 5.18. The third kappa shape index (κ3) is 5.08. The molecule has 0 bridgehead atoms. The third-order valence-electron chi connectivity index (χ3n) is 5.18. The Hall–Kier alpha value is -4.15. The monoisotopic (exact) mass is 463 g/mol. The summed E-state index contributed by atoms with van der Waals surface area (Å²) in [6.07, 6.45) is 1.67. The van der Waals surface area contributed by atoms with Gasteiger partial charge in [0.25, 0.3) is 11.8 Å². The standard InChI is InChI=1S/C24H22FN5O4/c1-34-29-24(33)21(31)20(12-15-6-3-2-4-7-15)27-23(32)18-8-5-11-26-22(18)30-14-16-13-17(25)9-10-19(16)28-30/h2-11,13-14,20-21,31H,12H2,1H3,(H,27,32)(H,29,33). The van der Waals surface area contributed by atoms with Crippen LogP contribution < -0.4 is 10.8 Å². The summed E-state index contributed by atoms with van der Waals surface area (Å²) in [6, 6.07) is 15.5. The van der Waals surface area contributed by atoms with E-state index in [9.17, 15) is 19.1 Å². The molecule has 2 atom stereocenters. The number of carbonyl (C=O) groups is 2.